The molecule has 0 bridgehead atoms. The monoisotopic (exact) mass is 418 g/mol. The molecule has 6 heteroatoms. The topological polar surface area (TPSA) is 72.8 Å². The summed E-state index contributed by atoms with van der Waals surface area (Å²) in [6.07, 6.45) is 7.94. The van der Waals surface area contributed by atoms with Gasteiger partial charge in [-0.2, -0.15) is 0 Å². The molecule has 0 aliphatic carbocycles. The number of rotatable bonds is 5. The summed E-state index contributed by atoms with van der Waals surface area (Å²) in [6, 6.07) is 0. The first-order chi connectivity index (χ1) is 13.5. The molecule has 1 aromatic rings. The van der Waals surface area contributed by atoms with Gasteiger partial charge in [0.1, 0.15) is 22.7 Å². The Bertz CT molecular complexity index is 928. The van der Waals surface area contributed by atoms with E-state index < -0.39 is 11.2 Å². The molecule has 156 valence electrons. The van der Waals surface area contributed by atoms with Crippen LogP contribution < -0.4 is 4.74 Å². The average Bonchev–Trinajstić information content (AvgIpc) is 2.93. The Morgan fingerprint density at radius 2 is 2.07 bits per heavy atom. The number of benzene rings is 1. The van der Waals surface area contributed by atoms with Gasteiger partial charge in [0, 0.05) is 6.42 Å². The third-order valence-corrected chi connectivity index (χ3v) is 6.29. The van der Waals surface area contributed by atoms with Gasteiger partial charge < -0.3 is 14.6 Å². The number of halogens is 1. The summed E-state index contributed by atoms with van der Waals surface area (Å²) < 4.78 is 12.0. The van der Waals surface area contributed by atoms with Crippen molar-refractivity contribution in [3.63, 3.8) is 0 Å². The first-order valence-corrected chi connectivity index (χ1v) is 10.1. The number of allylic oxidation sites excluding steroid dienone is 1. The van der Waals surface area contributed by atoms with Gasteiger partial charge in [-0.15, -0.1) is 0 Å². The van der Waals surface area contributed by atoms with Gasteiger partial charge in [0.05, 0.1) is 22.3 Å². The van der Waals surface area contributed by atoms with Crippen LogP contribution in [0, 0.1) is 6.92 Å². The van der Waals surface area contributed by atoms with Crippen LogP contribution in [0.25, 0.3) is 6.08 Å². The lowest BCUT2D eigenvalue weighted by Crippen LogP contribution is -2.32. The number of ether oxygens (including phenoxy) is 2. The highest BCUT2D eigenvalue weighted by Crippen LogP contribution is 2.46. The molecule has 0 amide bonds. The number of aromatic hydroxyl groups is 1. The lowest BCUT2D eigenvalue weighted by atomic mass is 9.92. The van der Waals surface area contributed by atoms with Crippen LogP contribution in [-0.4, -0.2) is 34.5 Å². The Morgan fingerprint density at radius 3 is 2.66 bits per heavy atom. The third-order valence-electron chi connectivity index (χ3n) is 5.84. The molecule has 2 heterocycles. The first kappa shape index (κ1) is 21.6. The Labute approximate surface area is 176 Å². The normalized spacial score (nSPS) is 25.7. The molecule has 0 aromatic heterocycles. The lowest BCUT2D eigenvalue weighted by Gasteiger charge is -2.33. The second-order valence-electron chi connectivity index (χ2n) is 8.54. The number of hydrogen-bond donors (Lipinski definition) is 1. The molecule has 5 nitrogen and oxygen atoms in total. The van der Waals surface area contributed by atoms with Crippen molar-refractivity contribution in [3.05, 3.63) is 39.4 Å². The minimum atomic E-state index is -0.721. The SMILES string of the molecule is C/C(=C/CCC1(C)C=Cc2c(O)c(C=O)c(C)c(Cl)c2O1)C1CC(=O)C(C)(C)O1. The molecule has 2 unspecified atom stereocenters. The van der Waals surface area contributed by atoms with Crippen LogP contribution in [-0.2, 0) is 9.53 Å². The van der Waals surface area contributed by atoms with Crippen molar-refractivity contribution in [1.29, 1.82) is 0 Å². The molecular formula is C23H27ClO5. The quantitative estimate of drug-likeness (QED) is 0.526. The summed E-state index contributed by atoms with van der Waals surface area (Å²) in [7, 11) is 0. The van der Waals surface area contributed by atoms with Crippen LogP contribution in [0.4, 0.5) is 0 Å². The van der Waals surface area contributed by atoms with Crippen molar-refractivity contribution >= 4 is 29.7 Å². The highest BCUT2D eigenvalue weighted by Gasteiger charge is 2.40. The van der Waals surface area contributed by atoms with Crippen LogP contribution in [0.15, 0.2) is 17.7 Å². The van der Waals surface area contributed by atoms with Gasteiger partial charge in [-0.3, -0.25) is 9.59 Å². The van der Waals surface area contributed by atoms with Crippen molar-refractivity contribution in [2.75, 3.05) is 0 Å². The average molecular weight is 419 g/mol. The number of hydrogen-bond acceptors (Lipinski definition) is 5. The molecule has 2 aliphatic rings. The maximum atomic E-state index is 12.0. The first-order valence-electron chi connectivity index (χ1n) is 9.75. The van der Waals surface area contributed by atoms with Gasteiger partial charge in [0.15, 0.2) is 12.1 Å². The third kappa shape index (κ3) is 3.99. The summed E-state index contributed by atoms with van der Waals surface area (Å²) in [5.41, 5.74) is 0.805. The molecule has 0 saturated carbocycles. The number of phenols is 1. The second-order valence-corrected chi connectivity index (χ2v) is 8.92. The highest BCUT2D eigenvalue weighted by molar-refractivity contribution is 6.33. The van der Waals surface area contributed by atoms with E-state index in [2.05, 4.69) is 6.08 Å². The van der Waals surface area contributed by atoms with E-state index in [-0.39, 0.29) is 23.2 Å². The van der Waals surface area contributed by atoms with Crippen molar-refractivity contribution < 1.29 is 24.2 Å². The zero-order valence-corrected chi connectivity index (χ0v) is 18.2. The van der Waals surface area contributed by atoms with E-state index >= 15 is 0 Å². The fourth-order valence-corrected chi connectivity index (χ4v) is 3.99. The molecule has 0 radical (unpaired) electrons. The van der Waals surface area contributed by atoms with Gasteiger partial charge >= 0.3 is 0 Å². The van der Waals surface area contributed by atoms with Crippen molar-refractivity contribution in [3.8, 4) is 11.5 Å². The molecular weight excluding hydrogens is 392 g/mol. The minimum Gasteiger partial charge on any atom is -0.506 e. The zero-order chi connectivity index (χ0) is 21.6. The molecule has 2 aliphatic heterocycles. The molecule has 2 atom stereocenters. The number of carbonyl (C=O) groups is 2. The maximum Gasteiger partial charge on any atom is 0.167 e. The summed E-state index contributed by atoms with van der Waals surface area (Å²) >= 11 is 6.42. The van der Waals surface area contributed by atoms with E-state index in [1.165, 1.54) is 0 Å². The molecule has 29 heavy (non-hydrogen) atoms. The Balaban J connectivity index is 1.74. The van der Waals surface area contributed by atoms with E-state index in [1.807, 2.05) is 19.9 Å². The van der Waals surface area contributed by atoms with Gasteiger partial charge in [-0.25, -0.2) is 0 Å². The van der Waals surface area contributed by atoms with Gasteiger partial charge in [0.2, 0.25) is 0 Å². The number of Topliss-reactive ketones (excluding diaryl/α,β-unsaturated/α-hetero) is 1. The van der Waals surface area contributed by atoms with E-state index in [0.717, 1.165) is 12.0 Å². The fourth-order valence-electron chi connectivity index (χ4n) is 3.75. The predicted octanol–water partition coefficient (Wildman–Crippen LogP) is 5.19. The number of carbonyl (C=O) groups excluding carboxylic acids is 2. The molecule has 0 spiro atoms. The van der Waals surface area contributed by atoms with Gasteiger partial charge in [-0.05, 0) is 70.7 Å². The molecule has 3 rings (SSSR count). The van der Waals surface area contributed by atoms with E-state index in [0.29, 0.717) is 41.0 Å². The van der Waals surface area contributed by atoms with E-state index in [4.69, 9.17) is 21.1 Å². The number of fused-ring (bicyclic) bond motifs is 1. The van der Waals surface area contributed by atoms with Crippen LogP contribution >= 0.6 is 11.6 Å². The molecule has 1 N–H and O–H groups in total. The summed E-state index contributed by atoms with van der Waals surface area (Å²) in [6.45, 7) is 9.22. The van der Waals surface area contributed by atoms with Crippen LogP contribution in [0.1, 0.15) is 68.4 Å². The number of phenolic OH excluding ortho intramolecular Hbond substituents is 1. The van der Waals surface area contributed by atoms with Crippen LogP contribution in [0.5, 0.6) is 11.5 Å². The van der Waals surface area contributed by atoms with Gasteiger partial charge in [-0.1, -0.05) is 17.7 Å². The van der Waals surface area contributed by atoms with Crippen molar-refractivity contribution in [2.24, 2.45) is 0 Å². The molecule has 1 fully saturated rings. The Kier molecular flexibility index (Phi) is 5.67. The summed E-state index contributed by atoms with van der Waals surface area (Å²) in [5.74, 6) is 0.401. The second kappa shape index (κ2) is 7.62. The van der Waals surface area contributed by atoms with Crippen molar-refractivity contribution in [1.82, 2.24) is 0 Å². The zero-order valence-electron chi connectivity index (χ0n) is 17.5. The van der Waals surface area contributed by atoms with E-state index in [9.17, 15) is 14.7 Å². The number of ketones is 1. The van der Waals surface area contributed by atoms with Crippen molar-refractivity contribution in [2.45, 2.75) is 71.2 Å². The summed E-state index contributed by atoms with van der Waals surface area (Å²) in [4.78, 5) is 23.3. The highest BCUT2D eigenvalue weighted by atomic mass is 35.5. The Hall–Kier alpha value is -2.11. The molecule has 1 aromatic carbocycles. The number of aldehydes is 1. The van der Waals surface area contributed by atoms with Crippen LogP contribution in [0.2, 0.25) is 5.02 Å². The minimum absolute atomic E-state index is 0.114. The maximum absolute atomic E-state index is 12.0. The fraction of sp³-hybridized carbons (Fsp3) is 0.478. The smallest absolute Gasteiger partial charge is 0.167 e. The largest absolute Gasteiger partial charge is 0.506 e. The van der Waals surface area contributed by atoms with E-state index in [1.54, 1.807) is 26.8 Å². The standard InChI is InChI=1S/C23H27ClO5/c1-13(17-11-18(26)22(3,4)28-17)7-6-9-23(5)10-8-15-20(27)16(12-25)14(2)19(24)21(15)29-23/h7-8,10,12,17,27H,6,9,11H2,1-5H3/b13-7-. The Morgan fingerprint density at radius 1 is 1.38 bits per heavy atom. The lowest BCUT2D eigenvalue weighted by molar-refractivity contribution is -0.129. The summed E-state index contributed by atoms with van der Waals surface area (Å²) in [5, 5.41) is 10.7. The predicted molar refractivity (Wildman–Crippen MR) is 113 cm³/mol. The molecule has 1 saturated heterocycles. The van der Waals surface area contributed by atoms with Gasteiger partial charge in [0.25, 0.3) is 0 Å². The van der Waals surface area contributed by atoms with Crippen LogP contribution in [0.3, 0.4) is 0 Å².